The monoisotopic (exact) mass is 552 g/mol. The molecular formula is C31H32N6O4. The smallest absolute Gasteiger partial charge is 0.270 e. The normalized spacial score (nSPS) is 18.7. The summed E-state index contributed by atoms with van der Waals surface area (Å²) in [5, 5.41) is 13.8. The first kappa shape index (κ1) is 26.5. The van der Waals surface area contributed by atoms with Crippen molar-refractivity contribution in [2.45, 2.75) is 45.6 Å². The van der Waals surface area contributed by atoms with E-state index in [9.17, 15) is 19.7 Å². The van der Waals surface area contributed by atoms with Crippen LogP contribution in [-0.4, -0.2) is 61.4 Å². The second kappa shape index (κ2) is 10.7. The largest absolute Gasteiger partial charge is 0.349 e. The Labute approximate surface area is 237 Å². The lowest BCUT2D eigenvalue weighted by Gasteiger charge is -2.54. The molecule has 4 aromatic rings. The third-order valence-electron chi connectivity index (χ3n) is 8.14. The number of aryl methyl sites for hydroxylation is 1. The van der Waals surface area contributed by atoms with Crippen molar-refractivity contribution in [1.29, 1.82) is 0 Å². The molecule has 2 amide bonds. The molecule has 1 unspecified atom stereocenters. The molecule has 0 bridgehead atoms. The summed E-state index contributed by atoms with van der Waals surface area (Å²) in [7, 11) is 0. The number of piperazine rings is 1. The molecule has 3 heterocycles. The number of fused-ring (bicyclic) bond motifs is 3. The third-order valence-corrected chi connectivity index (χ3v) is 8.14. The van der Waals surface area contributed by atoms with E-state index in [1.165, 1.54) is 12.1 Å². The van der Waals surface area contributed by atoms with Crippen LogP contribution in [0.25, 0.3) is 10.8 Å². The number of carbonyl (C=O) groups is 2. The van der Waals surface area contributed by atoms with Crippen LogP contribution in [0.5, 0.6) is 0 Å². The number of hydrogen-bond acceptors (Lipinski definition) is 6. The molecule has 0 radical (unpaired) electrons. The van der Waals surface area contributed by atoms with Crippen molar-refractivity contribution in [3.8, 4) is 0 Å². The summed E-state index contributed by atoms with van der Waals surface area (Å²) in [6.45, 7) is 5.97. The van der Waals surface area contributed by atoms with Crippen LogP contribution in [0.15, 0.2) is 79.4 Å². The Hall–Kier alpha value is -4.73. The maximum Gasteiger partial charge on any atom is 0.270 e. The van der Waals surface area contributed by atoms with Crippen molar-refractivity contribution >= 4 is 34.0 Å². The highest BCUT2D eigenvalue weighted by molar-refractivity contribution is 6.05. The summed E-state index contributed by atoms with van der Waals surface area (Å²) >= 11 is 0. The topological polar surface area (TPSA) is 105 Å². The summed E-state index contributed by atoms with van der Waals surface area (Å²) in [5.74, 6) is -0.599. The molecule has 210 valence electrons. The zero-order valence-electron chi connectivity index (χ0n) is 23.1. The van der Waals surface area contributed by atoms with Crippen LogP contribution < -0.4 is 4.90 Å². The first-order chi connectivity index (χ1) is 19.8. The number of benzene rings is 3. The Balaban J connectivity index is 1.39. The quantitative estimate of drug-likeness (QED) is 0.232. The molecule has 6 rings (SSSR count). The van der Waals surface area contributed by atoms with Gasteiger partial charge in [0.1, 0.15) is 12.2 Å². The Morgan fingerprint density at radius 1 is 1.05 bits per heavy atom. The van der Waals surface area contributed by atoms with E-state index in [-0.39, 0.29) is 29.0 Å². The molecule has 1 fully saturated rings. The minimum Gasteiger partial charge on any atom is -0.349 e. The lowest BCUT2D eigenvalue weighted by atomic mass is 9.92. The van der Waals surface area contributed by atoms with E-state index in [4.69, 9.17) is 0 Å². The maximum absolute atomic E-state index is 14.1. The van der Waals surface area contributed by atoms with Crippen LogP contribution in [0, 0.1) is 16.0 Å². The Morgan fingerprint density at radius 3 is 2.61 bits per heavy atom. The number of nitro benzene ring substituents is 1. The number of carbonyl (C=O) groups excluding carboxylic acids is 2. The van der Waals surface area contributed by atoms with Gasteiger partial charge in [-0.15, -0.1) is 0 Å². The molecule has 0 N–H and O–H groups in total. The molecule has 2 atom stereocenters. The van der Waals surface area contributed by atoms with Gasteiger partial charge in [0.25, 0.3) is 11.6 Å². The molecule has 0 saturated carbocycles. The molecule has 1 saturated heterocycles. The van der Waals surface area contributed by atoms with E-state index in [2.05, 4.69) is 34.1 Å². The van der Waals surface area contributed by atoms with Gasteiger partial charge in [0.15, 0.2) is 0 Å². The molecule has 0 aliphatic carbocycles. The predicted octanol–water partition coefficient (Wildman–Crippen LogP) is 4.69. The molecule has 10 nitrogen and oxygen atoms in total. The number of aromatic nitrogens is 2. The number of non-ortho nitro benzene ring substituents is 1. The van der Waals surface area contributed by atoms with Gasteiger partial charge in [0.2, 0.25) is 5.91 Å². The van der Waals surface area contributed by atoms with Gasteiger partial charge in [-0.25, -0.2) is 4.98 Å². The van der Waals surface area contributed by atoms with Gasteiger partial charge in [0.05, 0.1) is 29.0 Å². The predicted molar refractivity (Wildman–Crippen MR) is 155 cm³/mol. The van der Waals surface area contributed by atoms with Gasteiger partial charge in [-0.3, -0.25) is 19.7 Å². The first-order valence-corrected chi connectivity index (χ1v) is 13.9. The molecule has 0 spiro atoms. The SMILES string of the molecule is CC(C)[C@H]1C(=O)N(Cc2cccc3ccccc23)CC2N(CCCn3ccnc3)c3ccc([N+](=O)[O-])cc3C(=O)N21. The van der Waals surface area contributed by atoms with E-state index in [1.54, 1.807) is 23.5 Å². The highest BCUT2D eigenvalue weighted by Gasteiger charge is 2.50. The van der Waals surface area contributed by atoms with E-state index in [1.807, 2.05) is 47.7 Å². The lowest BCUT2D eigenvalue weighted by molar-refractivity contribution is -0.384. The number of anilines is 1. The van der Waals surface area contributed by atoms with Gasteiger partial charge >= 0.3 is 0 Å². The Bertz CT molecular complexity index is 1610. The van der Waals surface area contributed by atoms with Gasteiger partial charge in [-0.1, -0.05) is 56.3 Å². The molecule has 10 heteroatoms. The summed E-state index contributed by atoms with van der Waals surface area (Å²) in [5.41, 5.74) is 1.83. The average molecular weight is 553 g/mol. The second-order valence-electron chi connectivity index (χ2n) is 11.0. The number of hydrogen-bond donors (Lipinski definition) is 0. The molecule has 3 aromatic carbocycles. The fraction of sp³-hybridized carbons (Fsp3) is 0.323. The summed E-state index contributed by atoms with van der Waals surface area (Å²) < 4.78 is 2.00. The fourth-order valence-electron chi connectivity index (χ4n) is 6.23. The van der Waals surface area contributed by atoms with Gasteiger partial charge < -0.3 is 19.3 Å². The van der Waals surface area contributed by atoms with Crippen molar-refractivity contribution in [2.75, 3.05) is 18.0 Å². The van der Waals surface area contributed by atoms with Crippen molar-refractivity contribution in [3.63, 3.8) is 0 Å². The van der Waals surface area contributed by atoms with Crippen LogP contribution in [0.1, 0.15) is 36.2 Å². The first-order valence-electron chi connectivity index (χ1n) is 13.9. The Morgan fingerprint density at radius 2 is 1.85 bits per heavy atom. The molecular weight excluding hydrogens is 520 g/mol. The van der Waals surface area contributed by atoms with Crippen LogP contribution in [0.3, 0.4) is 0 Å². The third kappa shape index (κ3) is 4.79. The highest BCUT2D eigenvalue weighted by Crippen LogP contribution is 2.39. The fourth-order valence-corrected chi connectivity index (χ4v) is 6.23. The molecule has 2 aliphatic rings. The lowest BCUT2D eigenvalue weighted by Crippen LogP contribution is -2.71. The van der Waals surface area contributed by atoms with Gasteiger partial charge in [-0.05, 0) is 34.7 Å². The maximum atomic E-state index is 14.1. The average Bonchev–Trinajstić information content (AvgIpc) is 3.49. The van der Waals surface area contributed by atoms with Crippen molar-refractivity contribution < 1.29 is 14.5 Å². The highest BCUT2D eigenvalue weighted by atomic mass is 16.6. The number of imidazole rings is 1. The van der Waals surface area contributed by atoms with Crippen molar-refractivity contribution in [1.82, 2.24) is 19.4 Å². The van der Waals surface area contributed by atoms with E-state index >= 15 is 0 Å². The molecule has 41 heavy (non-hydrogen) atoms. The minimum absolute atomic E-state index is 0.107. The number of nitro groups is 1. The number of rotatable bonds is 8. The van der Waals surface area contributed by atoms with E-state index in [0.29, 0.717) is 25.3 Å². The number of amides is 2. The van der Waals surface area contributed by atoms with Gasteiger partial charge in [0, 0.05) is 44.2 Å². The van der Waals surface area contributed by atoms with E-state index < -0.39 is 17.1 Å². The summed E-state index contributed by atoms with van der Waals surface area (Å²) in [6.07, 6.45) is 5.77. The van der Waals surface area contributed by atoms with Crippen LogP contribution >= 0.6 is 0 Å². The number of nitrogens with zero attached hydrogens (tertiary/aromatic N) is 6. The van der Waals surface area contributed by atoms with Crippen LogP contribution in [0.4, 0.5) is 11.4 Å². The van der Waals surface area contributed by atoms with Crippen molar-refractivity contribution in [2.24, 2.45) is 5.92 Å². The zero-order valence-corrected chi connectivity index (χ0v) is 23.1. The Kier molecular flexibility index (Phi) is 6.90. The second-order valence-corrected chi connectivity index (χ2v) is 11.0. The molecule has 2 aliphatic heterocycles. The molecule has 1 aromatic heterocycles. The van der Waals surface area contributed by atoms with E-state index in [0.717, 1.165) is 29.3 Å². The summed E-state index contributed by atoms with van der Waals surface area (Å²) in [4.78, 5) is 49.0. The van der Waals surface area contributed by atoms with Crippen molar-refractivity contribution in [3.05, 3.63) is 101 Å². The van der Waals surface area contributed by atoms with Gasteiger partial charge in [-0.2, -0.15) is 0 Å². The van der Waals surface area contributed by atoms with Crippen LogP contribution in [-0.2, 0) is 17.9 Å². The van der Waals surface area contributed by atoms with Crippen LogP contribution in [0.2, 0.25) is 0 Å². The standard InChI is InChI=1S/C31H32N6O4/c1-21(2)29-31(39)34(18-23-9-5-8-22-7-3-4-10-25(22)23)19-28-35(15-6-14-33-16-13-32-20-33)27-12-11-24(37(40)41)17-26(27)30(38)36(28)29/h3-5,7-13,16-17,20-21,28-29H,6,14-15,18-19H2,1-2H3/t28?,29-/m0/s1. The minimum atomic E-state index is -0.695. The zero-order chi connectivity index (χ0) is 28.7. The summed E-state index contributed by atoms with van der Waals surface area (Å²) in [6, 6.07) is 18.0.